The van der Waals surface area contributed by atoms with Gasteiger partial charge in [-0.3, -0.25) is 0 Å². The number of fused-ring (bicyclic) bond motifs is 1. The van der Waals surface area contributed by atoms with E-state index in [1.54, 1.807) is 13.8 Å². The predicted octanol–water partition coefficient (Wildman–Crippen LogP) is 2.30. The molecule has 2 aromatic rings. The van der Waals surface area contributed by atoms with Crippen molar-refractivity contribution in [1.82, 2.24) is 5.16 Å². The lowest BCUT2D eigenvalue weighted by molar-refractivity contribution is 0.0691. The van der Waals surface area contributed by atoms with Crippen LogP contribution in [0.2, 0.25) is 0 Å². The van der Waals surface area contributed by atoms with Crippen LogP contribution < -0.4 is 14.2 Å². The van der Waals surface area contributed by atoms with Gasteiger partial charge in [0.2, 0.25) is 6.79 Å². The minimum Gasteiger partial charge on any atom is -0.488 e. The van der Waals surface area contributed by atoms with Gasteiger partial charge < -0.3 is 23.8 Å². The van der Waals surface area contributed by atoms with Gasteiger partial charge in [-0.2, -0.15) is 0 Å². The number of ether oxygens (including phenoxy) is 3. The number of carboxylic acids is 1. The fraction of sp³-hybridized carbons (Fsp3) is 0.286. The lowest BCUT2D eigenvalue weighted by Gasteiger charge is -2.10. The minimum absolute atomic E-state index is 0.0195. The van der Waals surface area contributed by atoms with Crippen LogP contribution in [0.4, 0.5) is 0 Å². The van der Waals surface area contributed by atoms with E-state index in [1.807, 2.05) is 0 Å². The number of hydrogen-bond donors (Lipinski definition) is 1. The third-order valence-electron chi connectivity index (χ3n) is 3.26. The number of nitrogens with zero attached hydrogens (tertiary/aromatic N) is 1. The molecule has 0 saturated heterocycles. The molecule has 0 aliphatic carbocycles. The van der Waals surface area contributed by atoms with Gasteiger partial charge in [0.05, 0.1) is 11.3 Å². The largest absolute Gasteiger partial charge is 0.488 e. The summed E-state index contributed by atoms with van der Waals surface area (Å²) in [4.78, 5) is 11.3. The van der Waals surface area contributed by atoms with Crippen LogP contribution in [-0.4, -0.2) is 23.0 Å². The number of rotatable bonds is 4. The molecule has 0 spiro atoms. The number of benzene rings is 1. The third kappa shape index (κ3) is 2.37. The zero-order valence-corrected chi connectivity index (χ0v) is 11.5. The Kier molecular flexibility index (Phi) is 3.17. The molecule has 0 amide bonds. The molecule has 1 N–H and O–H groups in total. The van der Waals surface area contributed by atoms with Crippen LogP contribution in [0.5, 0.6) is 17.2 Å². The molecule has 7 heteroatoms. The summed E-state index contributed by atoms with van der Waals surface area (Å²) >= 11 is 0. The second kappa shape index (κ2) is 5.01. The van der Waals surface area contributed by atoms with Crippen LogP contribution >= 0.6 is 0 Å². The number of hydrogen-bond acceptors (Lipinski definition) is 6. The molecule has 3 rings (SSSR count). The smallest absolute Gasteiger partial charge is 0.339 e. The Bertz CT molecular complexity index is 686. The average Bonchev–Trinajstić information content (AvgIpc) is 3.02. The Morgan fingerprint density at radius 1 is 1.33 bits per heavy atom. The minimum atomic E-state index is -1.10. The Hall–Kier alpha value is -2.70. The van der Waals surface area contributed by atoms with Crippen LogP contribution in [0.15, 0.2) is 16.7 Å². The number of aryl methyl sites for hydroxylation is 2. The predicted molar refractivity (Wildman–Crippen MR) is 69.8 cm³/mol. The van der Waals surface area contributed by atoms with Crippen LogP contribution in [0.3, 0.4) is 0 Å². The molecule has 0 saturated carbocycles. The molecule has 1 aromatic heterocycles. The van der Waals surface area contributed by atoms with E-state index in [1.165, 1.54) is 12.1 Å². The van der Waals surface area contributed by atoms with Crippen molar-refractivity contribution >= 4 is 5.97 Å². The van der Waals surface area contributed by atoms with Gasteiger partial charge in [0.25, 0.3) is 0 Å². The van der Waals surface area contributed by atoms with E-state index in [9.17, 15) is 9.90 Å². The normalized spacial score (nSPS) is 12.5. The zero-order chi connectivity index (χ0) is 15.0. The van der Waals surface area contributed by atoms with Gasteiger partial charge in [0.1, 0.15) is 23.7 Å². The first-order chi connectivity index (χ1) is 10.1. The molecule has 0 fully saturated rings. The molecule has 0 unspecified atom stereocenters. The highest BCUT2D eigenvalue weighted by molar-refractivity contribution is 5.92. The van der Waals surface area contributed by atoms with E-state index in [0.29, 0.717) is 23.0 Å². The quantitative estimate of drug-likeness (QED) is 0.924. The van der Waals surface area contributed by atoms with Crippen molar-refractivity contribution in [3.05, 3.63) is 34.7 Å². The third-order valence-corrected chi connectivity index (χ3v) is 3.26. The van der Waals surface area contributed by atoms with Crippen molar-refractivity contribution in [2.24, 2.45) is 0 Å². The van der Waals surface area contributed by atoms with E-state index in [-0.39, 0.29) is 24.7 Å². The summed E-state index contributed by atoms with van der Waals surface area (Å²) in [5.74, 6) is 0.629. The summed E-state index contributed by atoms with van der Waals surface area (Å²) in [6.07, 6.45) is 0. The van der Waals surface area contributed by atoms with Crippen LogP contribution in [0.25, 0.3) is 0 Å². The summed E-state index contributed by atoms with van der Waals surface area (Å²) in [5, 5.41) is 13.1. The maximum absolute atomic E-state index is 11.3. The van der Waals surface area contributed by atoms with Crippen LogP contribution in [0, 0.1) is 13.8 Å². The fourth-order valence-corrected chi connectivity index (χ4v) is 2.07. The summed E-state index contributed by atoms with van der Waals surface area (Å²) < 4.78 is 21.1. The van der Waals surface area contributed by atoms with E-state index < -0.39 is 5.97 Å². The fourth-order valence-electron chi connectivity index (χ4n) is 2.07. The van der Waals surface area contributed by atoms with Gasteiger partial charge in [-0.1, -0.05) is 5.16 Å². The molecule has 110 valence electrons. The van der Waals surface area contributed by atoms with Crippen molar-refractivity contribution in [3.8, 4) is 17.2 Å². The lowest BCUT2D eigenvalue weighted by atomic mass is 10.1. The summed E-state index contributed by atoms with van der Waals surface area (Å²) in [5.41, 5.74) is 1.53. The molecule has 7 nitrogen and oxygen atoms in total. The first kappa shape index (κ1) is 13.3. The topological polar surface area (TPSA) is 91.0 Å². The van der Waals surface area contributed by atoms with E-state index in [2.05, 4.69) is 5.16 Å². The summed E-state index contributed by atoms with van der Waals surface area (Å²) in [7, 11) is 0. The molecule has 1 aromatic carbocycles. The van der Waals surface area contributed by atoms with Crippen molar-refractivity contribution < 1.29 is 28.6 Å². The first-order valence-corrected chi connectivity index (χ1v) is 6.27. The van der Waals surface area contributed by atoms with Gasteiger partial charge in [0.15, 0.2) is 11.5 Å². The Labute approximate surface area is 120 Å². The Morgan fingerprint density at radius 3 is 2.67 bits per heavy atom. The summed E-state index contributed by atoms with van der Waals surface area (Å²) in [6, 6.07) is 2.91. The van der Waals surface area contributed by atoms with Crippen LogP contribution in [-0.2, 0) is 6.61 Å². The van der Waals surface area contributed by atoms with Crippen molar-refractivity contribution in [2.45, 2.75) is 20.5 Å². The highest BCUT2D eigenvalue weighted by atomic mass is 16.7. The van der Waals surface area contributed by atoms with Gasteiger partial charge in [-0.05, 0) is 13.8 Å². The van der Waals surface area contributed by atoms with Crippen molar-refractivity contribution in [1.29, 1.82) is 0 Å². The summed E-state index contributed by atoms with van der Waals surface area (Å²) in [6.45, 7) is 3.81. The van der Waals surface area contributed by atoms with Gasteiger partial charge in [-0.15, -0.1) is 0 Å². The van der Waals surface area contributed by atoms with Crippen molar-refractivity contribution in [2.75, 3.05) is 6.79 Å². The van der Waals surface area contributed by atoms with Gasteiger partial charge in [0, 0.05) is 12.1 Å². The highest BCUT2D eigenvalue weighted by Crippen LogP contribution is 2.38. The SMILES string of the molecule is Cc1noc(C)c1COc1cc2c(cc1C(=O)O)OCO2. The van der Waals surface area contributed by atoms with E-state index in [4.69, 9.17) is 18.7 Å². The second-order valence-electron chi connectivity index (χ2n) is 4.60. The van der Waals surface area contributed by atoms with Gasteiger partial charge >= 0.3 is 5.97 Å². The number of aromatic carboxylic acids is 1. The van der Waals surface area contributed by atoms with Gasteiger partial charge in [-0.25, -0.2) is 4.79 Å². The van der Waals surface area contributed by atoms with Crippen LogP contribution in [0.1, 0.15) is 27.4 Å². The standard InChI is InChI=1S/C14H13NO6/c1-7-10(8(2)21-15-7)5-18-11-4-13-12(19-6-20-13)3-9(11)14(16)17/h3-4H,5-6H2,1-2H3,(H,16,17). The molecule has 0 radical (unpaired) electrons. The molecule has 1 aliphatic heterocycles. The zero-order valence-electron chi connectivity index (χ0n) is 11.5. The van der Waals surface area contributed by atoms with E-state index >= 15 is 0 Å². The maximum Gasteiger partial charge on any atom is 0.339 e. The maximum atomic E-state index is 11.3. The molecular weight excluding hydrogens is 278 g/mol. The molecule has 0 atom stereocenters. The molecule has 21 heavy (non-hydrogen) atoms. The number of carboxylic acid groups (broad SMARTS) is 1. The number of carbonyl (C=O) groups is 1. The van der Waals surface area contributed by atoms with E-state index in [0.717, 1.165) is 5.56 Å². The molecule has 2 heterocycles. The Balaban J connectivity index is 1.89. The average molecular weight is 291 g/mol. The lowest BCUT2D eigenvalue weighted by Crippen LogP contribution is -2.04. The first-order valence-electron chi connectivity index (χ1n) is 6.27. The molecular formula is C14H13NO6. The Morgan fingerprint density at radius 2 is 2.05 bits per heavy atom. The number of aromatic nitrogens is 1. The molecule has 0 bridgehead atoms. The van der Waals surface area contributed by atoms with Crippen molar-refractivity contribution in [3.63, 3.8) is 0 Å². The monoisotopic (exact) mass is 291 g/mol. The molecule has 1 aliphatic rings. The second-order valence-corrected chi connectivity index (χ2v) is 4.60. The highest BCUT2D eigenvalue weighted by Gasteiger charge is 2.22.